The highest BCUT2D eigenvalue weighted by Gasteiger charge is 2.16. The van der Waals surface area contributed by atoms with Gasteiger partial charge in [-0.05, 0) is 0 Å². The van der Waals surface area contributed by atoms with E-state index in [2.05, 4.69) is 9.68 Å². The predicted octanol–water partition coefficient (Wildman–Crippen LogP) is -1.15. The SMILES string of the molecule is O=C(CC(=O)O[N+](=O)[O-])O[N+](=O)[O-]. The minimum atomic E-state index is -1.54. The van der Waals surface area contributed by atoms with Gasteiger partial charge in [-0.2, -0.15) is 0 Å². The van der Waals surface area contributed by atoms with Crippen molar-refractivity contribution in [3.05, 3.63) is 20.2 Å². The summed E-state index contributed by atoms with van der Waals surface area (Å²) >= 11 is 0. The van der Waals surface area contributed by atoms with E-state index in [1.165, 1.54) is 0 Å². The van der Waals surface area contributed by atoms with Crippen molar-refractivity contribution in [2.75, 3.05) is 0 Å². The van der Waals surface area contributed by atoms with Gasteiger partial charge in [0.2, 0.25) is 0 Å². The summed E-state index contributed by atoms with van der Waals surface area (Å²) in [5.74, 6) is -3.09. The monoisotopic (exact) mass is 194 g/mol. The summed E-state index contributed by atoms with van der Waals surface area (Å²) in [5.41, 5.74) is 0. The maximum Gasteiger partial charge on any atom is 0.313 e. The Labute approximate surface area is 69.2 Å². The van der Waals surface area contributed by atoms with Crippen LogP contribution in [0.4, 0.5) is 0 Å². The van der Waals surface area contributed by atoms with Crippen LogP contribution in [-0.4, -0.2) is 22.1 Å². The number of carbonyl (C=O) groups is 2. The third-order valence-corrected chi connectivity index (χ3v) is 0.641. The molecule has 0 aliphatic carbocycles. The van der Waals surface area contributed by atoms with Crippen molar-refractivity contribution >= 4 is 11.9 Å². The van der Waals surface area contributed by atoms with Gasteiger partial charge < -0.3 is 0 Å². The molecule has 0 aromatic carbocycles. The van der Waals surface area contributed by atoms with Crippen molar-refractivity contribution in [1.82, 2.24) is 0 Å². The number of carbonyl (C=O) groups excluding carboxylic acids is 2. The molecule has 10 nitrogen and oxygen atoms in total. The van der Waals surface area contributed by atoms with Crippen LogP contribution in [0.5, 0.6) is 0 Å². The molecular formula is C3H2N2O8. The van der Waals surface area contributed by atoms with Gasteiger partial charge in [0, 0.05) is 0 Å². The molecule has 0 aromatic rings. The first-order chi connectivity index (χ1) is 5.91. The lowest BCUT2D eigenvalue weighted by Crippen LogP contribution is -2.18. The number of rotatable bonds is 4. The van der Waals surface area contributed by atoms with Gasteiger partial charge >= 0.3 is 22.1 Å². The zero-order valence-electron chi connectivity index (χ0n) is 5.87. The Kier molecular flexibility index (Phi) is 3.79. The summed E-state index contributed by atoms with van der Waals surface area (Å²) in [4.78, 5) is 46.0. The molecule has 10 heteroatoms. The smallest absolute Gasteiger partial charge is 0.268 e. The molecule has 0 bridgehead atoms. The molecule has 0 rings (SSSR count). The normalized spacial score (nSPS) is 8.62. The Morgan fingerprint density at radius 2 is 1.31 bits per heavy atom. The predicted molar refractivity (Wildman–Crippen MR) is 30.8 cm³/mol. The van der Waals surface area contributed by atoms with Crippen LogP contribution in [0.25, 0.3) is 0 Å². The van der Waals surface area contributed by atoms with Gasteiger partial charge in [-0.3, -0.25) is 9.59 Å². The van der Waals surface area contributed by atoms with E-state index in [9.17, 15) is 29.8 Å². The Bertz CT molecular complexity index is 232. The summed E-state index contributed by atoms with van der Waals surface area (Å²) < 4.78 is 0. The first-order valence-electron chi connectivity index (χ1n) is 2.62. The first kappa shape index (κ1) is 10.7. The minimum absolute atomic E-state index is 1.19. The zero-order valence-corrected chi connectivity index (χ0v) is 5.87. The van der Waals surface area contributed by atoms with E-state index in [1.807, 2.05) is 0 Å². The van der Waals surface area contributed by atoms with E-state index >= 15 is 0 Å². The summed E-state index contributed by atoms with van der Waals surface area (Å²) in [7, 11) is 0. The van der Waals surface area contributed by atoms with Crippen LogP contribution in [0.3, 0.4) is 0 Å². The highest BCUT2D eigenvalue weighted by Crippen LogP contribution is 1.90. The van der Waals surface area contributed by atoms with Gasteiger partial charge in [0.05, 0.1) is 0 Å². The molecule has 0 saturated heterocycles. The van der Waals surface area contributed by atoms with Crippen LogP contribution < -0.4 is 0 Å². The van der Waals surface area contributed by atoms with Crippen molar-refractivity contribution in [3.63, 3.8) is 0 Å². The summed E-state index contributed by atoms with van der Waals surface area (Å²) in [6.45, 7) is 0. The summed E-state index contributed by atoms with van der Waals surface area (Å²) in [5, 5.41) is 16.1. The summed E-state index contributed by atoms with van der Waals surface area (Å²) in [6, 6.07) is 0. The standard InChI is InChI=1S/C3H2N2O8/c6-2(12-4(8)9)1-3(7)13-5(10)11/h1H2. The first-order valence-corrected chi connectivity index (χ1v) is 2.62. The molecule has 0 atom stereocenters. The molecule has 0 aromatic heterocycles. The van der Waals surface area contributed by atoms with Crippen LogP contribution in [0, 0.1) is 20.2 Å². The fourth-order valence-electron chi connectivity index (χ4n) is 0.349. The summed E-state index contributed by atoms with van der Waals surface area (Å²) in [6.07, 6.45) is -1.19. The van der Waals surface area contributed by atoms with E-state index in [0.717, 1.165) is 0 Å². The molecule has 0 spiro atoms. The van der Waals surface area contributed by atoms with Crippen molar-refractivity contribution in [2.45, 2.75) is 6.42 Å². The van der Waals surface area contributed by atoms with Gasteiger partial charge in [-0.1, -0.05) is 0 Å². The van der Waals surface area contributed by atoms with Crippen molar-refractivity contribution < 1.29 is 29.4 Å². The van der Waals surface area contributed by atoms with Crippen molar-refractivity contribution in [1.29, 1.82) is 0 Å². The fraction of sp³-hybridized carbons (Fsp3) is 0.333. The maximum atomic E-state index is 10.3. The van der Waals surface area contributed by atoms with Gasteiger partial charge in [-0.25, -0.2) is 9.68 Å². The fourth-order valence-corrected chi connectivity index (χ4v) is 0.349. The minimum Gasteiger partial charge on any atom is -0.268 e. The average Bonchev–Trinajstić information content (AvgIpc) is 1.80. The van der Waals surface area contributed by atoms with Gasteiger partial charge in [0.1, 0.15) is 6.42 Å². The molecular weight excluding hydrogens is 192 g/mol. The third-order valence-electron chi connectivity index (χ3n) is 0.641. The van der Waals surface area contributed by atoms with E-state index in [-0.39, 0.29) is 0 Å². The number of hydrogen-bond donors (Lipinski definition) is 0. The van der Waals surface area contributed by atoms with Crippen LogP contribution >= 0.6 is 0 Å². The molecule has 0 amide bonds. The Morgan fingerprint density at radius 1 is 1.00 bits per heavy atom. The average molecular weight is 194 g/mol. The topological polar surface area (TPSA) is 139 Å². The molecule has 0 unspecified atom stereocenters. The van der Waals surface area contributed by atoms with E-state index in [1.54, 1.807) is 0 Å². The lowest BCUT2D eigenvalue weighted by molar-refractivity contribution is -0.733. The van der Waals surface area contributed by atoms with Crippen LogP contribution in [0.2, 0.25) is 0 Å². The lowest BCUT2D eigenvalue weighted by atomic mass is 10.5. The second kappa shape index (κ2) is 4.58. The molecule has 0 aliphatic heterocycles. The molecule has 72 valence electrons. The van der Waals surface area contributed by atoms with E-state index < -0.39 is 28.5 Å². The molecule has 13 heavy (non-hydrogen) atoms. The lowest BCUT2D eigenvalue weighted by Gasteiger charge is -1.94. The number of hydrogen-bond acceptors (Lipinski definition) is 8. The highest BCUT2D eigenvalue weighted by atomic mass is 17.0. The van der Waals surface area contributed by atoms with E-state index in [4.69, 9.17) is 0 Å². The van der Waals surface area contributed by atoms with Crippen LogP contribution in [0.15, 0.2) is 0 Å². The van der Waals surface area contributed by atoms with Crippen molar-refractivity contribution in [2.24, 2.45) is 0 Å². The van der Waals surface area contributed by atoms with Crippen LogP contribution in [-0.2, 0) is 19.3 Å². The Hall–Kier alpha value is -2.26. The quantitative estimate of drug-likeness (QED) is 0.310. The number of nitrogens with zero attached hydrogens (tertiary/aromatic N) is 2. The van der Waals surface area contributed by atoms with Gasteiger partial charge in [-0.15, -0.1) is 20.2 Å². The van der Waals surface area contributed by atoms with Crippen LogP contribution in [0.1, 0.15) is 6.42 Å². The molecule has 0 fully saturated rings. The Balaban J connectivity index is 3.85. The molecule has 0 saturated carbocycles. The highest BCUT2D eigenvalue weighted by molar-refractivity contribution is 5.90. The molecule has 0 N–H and O–H groups in total. The zero-order chi connectivity index (χ0) is 10.4. The van der Waals surface area contributed by atoms with Gasteiger partial charge in [0.15, 0.2) is 0 Å². The second-order valence-electron chi connectivity index (χ2n) is 1.55. The largest absolute Gasteiger partial charge is 0.313 e. The Morgan fingerprint density at radius 3 is 1.54 bits per heavy atom. The van der Waals surface area contributed by atoms with Crippen molar-refractivity contribution in [3.8, 4) is 0 Å². The molecule has 0 heterocycles. The third kappa shape index (κ3) is 6.15. The van der Waals surface area contributed by atoms with Gasteiger partial charge in [0.25, 0.3) is 0 Å². The molecule has 0 aliphatic rings. The maximum absolute atomic E-state index is 10.3. The molecule has 0 radical (unpaired) electrons. The second-order valence-corrected chi connectivity index (χ2v) is 1.55. The van der Waals surface area contributed by atoms with E-state index in [0.29, 0.717) is 0 Å².